The Morgan fingerprint density at radius 3 is 2.24 bits per heavy atom. The molecule has 1 saturated heterocycles. The molecule has 4 N–H and O–H groups in total. The van der Waals surface area contributed by atoms with Crippen molar-refractivity contribution < 1.29 is 24.0 Å². The number of nitrogens with zero attached hydrogens (tertiary/aromatic N) is 2. The first-order valence-electron chi connectivity index (χ1n) is 17.4. The third-order valence-corrected chi connectivity index (χ3v) is 8.50. The Bertz CT molecular complexity index is 1490. The largest absolute Gasteiger partial charge is 0.346 e. The van der Waals surface area contributed by atoms with E-state index < -0.39 is 64.5 Å². The van der Waals surface area contributed by atoms with Gasteiger partial charge in [0.15, 0.2) is 0 Å². The zero-order valence-corrected chi connectivity index (χ0v) is 31.3. The number of ketones is 1. The third kappa shape index (κ3) is 12.4. The summed E-state index contributed by atoms with van der Waals surface area (Å²) in [5, 5.41) is 11.0. The quantitative estimate of drug-likeness (QED) is 0.161. The molecule has 1 fully saturated rings. The van der Waals surface area contributed by atoms with Crippen LogP contribution in [-0.2, 0) is 25.7 Å². The number of Topliss-reactive ketones (excluding diaryl/α,β-unsaturated/α-hetero) is 1. The number of urea groups is 1. The van der Waals surface area contributed by atoms with E-state index in [-0.39, 0.29) is 31.1 Å². The van der Waals surface area contributed by atoms with Crippen LogP contribution in [0.5, 0.6) is 0 Å². The van der Waals surface area contributed by atoms with Gasteiger partial charge in [0.25, 0.3) is 11.5 Å². The highest BCUT2D eigenvalue weighted by atomic mass is 16.2. The number of unbranched alkanes of at least 4 members (excludes halogenated alkanes) is 1. The van der Waals surface area contributed by atoms with Gasteiger partial charge in [-0.15, -0.1) is 6.58 Å². The highest BCUT2D eigenvalue weighted by Gasteiger charge is 2.45. The minimum absolute atomic E-state index is 0.0925. The molecular weight excluding hydrogens is 636 g/mol. The van der Waals surface area contributed by atoms with Gasteiger partial charge in [0.1, 0.15) is 18.1 Å². The van der Waals surface area contributed by atoms with E-state index in [2.05, 4.69) is 27.8 Å². The zero-order chi connectivity index (χ0) is 37.8. The van der Waals surface area contributed by atoms with Crippen molar-refractivity contribution >= 4 is 29.5 Å². The minimum atomic E-state index is -1.23. The summed E-state index contributed by atoms with van der Waals surface area (Å²) < 4.78 is 1.53. The summed E-state index contributed by atoms with van der Waals surface area (Å²) in [5.41, 5.74) is -0.375. The molecule has 50 heavy (non-hydrogen) atoms. The van der Waals surface area contributed by atoms with E-state index in [1.54, 1.807) is 24.4 Å². The van der Waals surface area contributed by atoms with Crippen molar-refractivity contribution in [2.24, 2.45) is 16.7 Å². The number of rotatable bonds is 15. The maximum absolute atomic E-state index is 14.4. The minimum Gasteiger partial charge on any atom is -0.346 e. The standard InChI is InChI=1S/C38H58N6O6/c1-11-13-14-17-27(31(46)34(48)39-19-12-2)40-33(47)28-22-26(21-25(3)4)23-44(28)35(49)32(38(8,9)10)42-36(50)41-29(37(5,6)7)24-43-20-16-15-18-30(43)45/h12,14-18,20-21,26-29,32H,2,11,13,19,22-24H2,1,3-10H3,(H,39,48)(H,40,47)(H2,41,42,50)/t26?,27?,28-,29+,32+/m0/s1. The van der Waals surface area contributed by atoms with Crippen molar-refractivity contribution in [2.75, 3.05) is 13.1 Å². The normalized spacial score (nSPS) is 18.1. The molecule has 1 aromatic heterocycles. The van der Waals surface area contributed by atoms with Crippen molar-refractivity contribution in [3.05, 3.63) is 71.2 Å². The van der Waals surface area contributed by atoms with Gasteiger partial charge in [-0.2, -0.15) is 0 Å². The molecule has 0 radical (unpaired) electrons. The Hall–Kier alpha value is -4.48. The van der Waals surface area contributed by atoms with E-state index in [1.165, 1.54) is 27.7 Å². The third-order valence-electron chi connectivity index (χ3n) is 8.50. The number of hydrogen-bond acceptors (Lipinski definition) is 6. The second kappa shape index (κ2) is 18.5. The van der Waals surface area contributed by atoms with Crippen molar-refractivity contribution in [2.45, 2.75) is 112 Å². The maximum atomic E-state index is 14.4. The average molecular weight is 695 g/mol. The van der Waals surface area contributed by atoms with E-state index in [0.29, 0.717) is 12.8 Å². The lowest BCUT2D eigenvalue weighted by Gasteiger charge is -2.37. The van der Waals surface area contributed by atoms with Gasteiger partial charge in [-0.05, 0) is 49.5 Å². The van der Waals surface area contributed by atoms with E-state index >= 15 is 0 Å². The lowest BCUT2D eigenvalue weighted by Crippen LogP contribution is -2.61. The van der Waals surface area contributed by atoms with Gasteiger partial charge < -0.3 is 30.7 Å². The molecule has 2 unspecified atom stereocenters. The van der Waals surface area contributed by atoms with E-state index in [9.17, 15) is 28.8 Å². The second-order valence-corrected chi connectivity index (χ2v) is 15.3. The van der Waals surface area contributed by atoms with Crippen LogP contribution in [0.2, 0.25) is 0 Å². The van der Waals surface area contributed by atoms with Crippen molar-refractivity contribution in [3.8, 4) is 0 Å². The number of carbonyl (C=O) groups is 5. The monoisotopic (exact) mass is 694 g/mol. The lowest BCUT2D eigenvalue weighted by atomic mass is 9.85. The van der Waals surface area contributed by atoms with Gasteiger partial charge in [-0.25, -0.2) is 4.79 Å². The van der Waals surface area contributed by atoms with Crippen LogP contribution in [0.15, 0.2) is 65.6 Å². The fourth-order valence-electron chi connectivity index (χ4n) is 5.69. The Kier molecular flexibility index (Phi) is 15.4. The van der Waals surface area contributed by atoms with Crippen LogP contribution >= 0.6 is 0 Å². The molecule has 0 saturated carbocycles. The van der Waals surface area contributed by atoms with Crippen LogP contribution in [0.25, 0.3) is 0 Å². The smallest absolute Gasteiger partial charge is 0.315 e. The first-order chi connectivity index (χ1) is 23.3. The molecule has 276 valence electrons. The Labute approximate surface area is 297 Å². The maximum Gasteiger partial charge on any atom is 0.315 e. The molecule has 0 aromatic carbocycles. The van der Waals surface area contributed by atoms with Crippen LogP contribution in [0, 0.1) is 16.7 Å². The summed E-state index contributed by atoms with van der Waals surface area (Å²) in [7, 11) is 0. The molecule has 12 nitrogen and oxygen atoms in total. The van der Waals surface area contributed by atoms with Crippen LogP contribution in [-0.4, -0.2) is 76.3 Å². The summed E-state index contributed by atoms with van der Waals surface area (Å²) >= 11 is 0. The topological polar surface area (TPSA) is 159 Å². The second-order valence-electron chi connectivity index (χ2n) is 15.3. The summed E-state index contributed by atoms with van der Waals surface area (Å²) in [6, 6.07) is 0.582. The summed E-state index contributed by atoms with van der Waals surface area (Å²) in [6.07, 6.45) is 10.1. The van der Waals surface area contributed by atoms with E-state index in [4.69, 9.17) is 0 Å². The predicted molar refractivity (Wildman–Crippen MR) is 196 cm³/mol. The number of aromatic nitrogens is 1. The molecule has 12 heteroatoms. The molecule has 2 rings (SSSR count). The van der Waals surface area contributed by atoms with Crippen LogP contribution < -0.4 is 26.8 Å². The SMILES string of the molecule is C=CCNC(=O)C(=O)C(C=CCCC)NC(=O)[C@@H]1CC(C=C(C)C)CN1C(=O)[C@@H](NC(=O)N[C@H](Cn1ccccc1=O)C(C)(C)C)C(C)(C)C. The predicted octanol–water partition coefficient (Wildman–Crippen LogP) is 3.87. The van der Waals surface area contributed by atoms with Gasteiger partial charge in [0.05, 0.1) is 6.04 Å². The van der Waals surface area contributed by atoms with Gasteiger partial charge in [0.2, 0.25) is 17.6 Å². The molecule has 0 aliphatic carbocycles. The molecule has 0 bridgehead atoms. The highest BCUT2D eigenvalue weighted by molar-refractivity contribution is 6.39. The van der Waals surface area contributed by atoms with Gasteiger partial charge >= 0.3 is 6.03 Å². The molecule has 1 aromatic rings. The summed E-state index contributed by atoms with van der Waals surface area (Å²) in [6.45, 7) is 21.3. The number of pyridine rings is 1. The number of amides is 5. The molecule has 0 spiro atoms. The van der Waals surface area contributed by atoms with Gasteiger partial charge in [-0.1, -0.05) is 90.8 Å². The Balaban J connectivity index is 2.40. The highest BCUT2D eigenvalue weighted by Crippen LogP contribution is 2.30. The van der Waals surface area contributed by atoms with Crippen molar-refractivity contribution in [3.63, 3.8) is 0 Å². The molecule has 1 aliphatic heterocycles. The molecule has 5 amide bonds. The number of nitrogens with one attached hydrogen (secondary N) is 4. The molecular formula is C38H58N6O6. The fraction of sp³-hybridized carbons (Fsp3) is 0.579. The number of likely N-dealkylation sites (tertiary alicyclic amines) is 1. The number of carbonyl (C=O) groups excluding carboxylic acids is 5. The summed E-state index contributed by atoms with van der Waals surface area (Å²) in [4.78, 5) is 81.5. The van der Waals surface area contributed by atoms with Crippen molar-refractivity contribution in [1.29, 1.82) is 0 Å². The van der Waals surface area contributed by atoms with Crippen LogP contribution in [0.3, 0.4) is 0 Å². The van der Waals surface area contributed by atoms with Crippen LogP contribution in [0.4, 0.5) is 4.79 Å². The number of allylic oxidation sites excluding steroid dienone is 2. The first kappa shape index (κ1) is 41.7. The van der Waals surface area contributed by atoms with Gasteiger partial charge in [-0.3, -0.25) is 24.0 Å². The Morgan fingerprint density at radius 2 is 1.68 bits per heavy atom. The first-order valence-corrected chi connectivity index (χ1v) is 17.4. The zero-order valence-electron chi connectivity index (χ0n) is 31.3. The summed E-state index contributed by atoms with van der Waals surface area (Å²) in [5.74, 6) is -2.85. The van der Waals surface area contributed by atoms with Crippen LogP contribution in [0.1, 0.15) is 81.6 Å². The average Bonchev–Trinajstić information content (AvgIpc) is 3.44. The molecule has 1 aliphatic rings. The molecule has 5 atom stereocenters. The van der Waals surface area contributed by atoms with E-state index in [1.807, 2.05) is 68.4 Å². The fourth-order valence-corrected chi connectivity index (χ4v) is 5.69. The lowest BCUT2D eigenvalue weighted by molar-refractivity contribution is -0.143. The van der Waals surface area contributed by atoms with Crippen molar-refractivity contribution in [1.82, 2.24) is 30.7 Å². The Morgan fingerprint density at radius 1 is 1.00 bits per heavy atom. The number of hydrogen-bond donors (Lipinski definition) is 4. The molecule has 2 heterocycles. The van der Waals surface area contributed by atoms with Gasteiger partial charge in [0, 0.05) is 31.9 Å². The van der Waals surface area contributed by atoms with E-state index in [0.717, 1.165) is 12.0 Å².